The Bertz CT molecular complexity index is 1370. The number of aryl methyl sites for hydroxylation is 2. The molecule has 0 spiro atoms. The first-order valence-electron chi connectivity index (χ1n) is 11.4. The van der Waals surface area contributed by atoms with Gasteiger partial charge in [0.05, 0.1) is 21.8 Å². The maximum atomic E-state index is 13.2. The molecule has 0 bridgehead atoms. The Kier molecular flexibility index (Phi) is 7.96. The van der Waals surface area contributed by atoms with Crippen molar-refractivity contribution in [3.63, 3.8) is 0 Å². The fourth-order valence-corrected chi connectivity index (χ4v) is 4.88. The summed E-state index contributed by atoms with van der Waals surface area (Å²) in [4.78, 5) is 25.7. The van der Waals surface area contributed by atoms with Crippen molar-refractivity contribution in [2.45, 2.75) is 52.0 Å². The minimum Gasteiger partial charge on any atom is -0.350 e. The maximum absolute atomic E-state index is 13.2. The van der Waals surface area contributed by atoms with Crippen LogP contribution in [-0.4, -0.2) is 26.3 Å². The summed E-state index contributed by atoms with van der Waals surface area (Å²) in [7, 11) is -3.94. The predicted octanol–water partition coefficient (Wildman–Crippen LogP) is 5.19. The van der Waals surface area contributed by atoms with Gasteiger partial charge in [-0.3, -0.25) is 14.3 Å². The molecule has 2 amide bonds. The van der Waals surface area contributed by atoms with Gasteiger partial charge in [-0.2, -0.15) is 0 Å². The molecule has 3 rings (SSSR count). The van der Waals surface area contributed by atoms with E-state index in [4.69, 9.17) is 0 Å². The van der Waals surface area contributed by atoms with Crippen molar-refractivity contribution in [2.75, 3.05) is 10.0 Å². The lowest BCUT2D eigenvalue weighted by atomic mass is 10.1. The molecule has 0 radical (unpaired) electrons. The fourth-order valence-electron chi connectivity index (χ4n) is 3.48. The molecule has 0 heterocycles. The summed E-state index contributed by atoms with van der Waals surface area (Å²) in [6.07, 6.45) is 0.775. The van der Waals surface area contributed by atoms with Crippen molar-refractivity contribution >= 4 is 33.2 Å². The van der Waals surface area contributed by atoms with Crippen LogP contribution in [0, 0.1) is 20.8 Å². The van der Waals surface area contributed by atoms with Gasteiger partial charge in [0.1, 0.15) is 0 Å². The zero-order chi connectivity index (χ0) is 25.8. The molecule has 3 aromatic carbocycles. The molecule has 8 heteroatoms. The van der Waals surface area contributed by atoms with Gasteiger partial charge in [0.15, 0.2) is 0 Å². The quantitative estimate of drug-likeness (QED) is 0.401. The summed E-state index contributed by atoms with van der Waals surface area (Å²) in [5.74, 6) is -0.808. The number of benzene rings is 3. The number of hydrogen-bond acceptors (Lipinski definition) is 4. The summed E-state index contributed by atoms with van der Waals surface area (Å²) in [6, 6.07) is 16.6. The van der Waals surface area contributed by atoms with Crippen molar-refractivity contribution in [2.24, 2.45) is 0 Å². The van der Waals surface area contributed by atoms with Crippen LogP contribution < -0.4 is 15.4 Å². The number of sulfonamides is 1. The number of rotatable bonds is 8. The number of carbonyl (C=O) groups is 2. The van der Waals surface area contributed by atoms with Crippen LogP contribution >= 0.6 is 0 Å². The Morgan fingerprint density at radius 3 is 2.26 bits per heavy atom. The van der Waals surface area contributed by atoms with E-state index in [2.05, 4.69) is 15.4 Å². The highest BCUT2D eigenvalue weighted by molar-refractivity contribution is 7.92. The molecule has 0 saturated carbocycles. The van der Waals surface area contributed by atoms with Crippen molar-refractivity contribution in [3.8, 4) is 0 Å². The highest BCUT2D eigenvalue weighted by Gasteiger charge is 2.21. The van der Waals surface area contributed by atoms with Crippen LogP contribution in [0.2, 0.25) is 0 Å². The van der Waals surface area contributed by atoms with E-state index in [0.29, 0.717) is 22.5 Å². The predicted molar refractivity (Wildman–Crippen MR) is 140 cm³/mol. The first kappa shape index (κ1) is 26.0. The van der Waals surface area contributed by atoms with E-state index < -0.39 is 15.9 Å². The standard InChI is InChI=1S/C27H31N3O4S/c1-6-19(4)28-27(32)22-11-7-8-12-24(22)29-26(31)21-15-14-18(3)25(16-21)35(33,34)30-23-13-9-10-17(2)20(23)5/h7-16,19,30H,6H2,1-5H3,(H,28,32)(H,29,31)/t19-/m1/s1. The summed E-state index contributed by atoms with van der Waals surface area (Å²) in [5, 5.41) is 5.64. The third kappa shape index (κ3) is 6.08. The highest BCUT2D eigenvalue weighted by Crippen LogP contribution is 2.25. The normalized spacial score (nSPS) is 12.0. The van der Waals surface area contributed by atoms with Gasteiger partial charge in [0.25, 0.3) is 21.8 Å². The fraction of sp³-hybridized carbons (Fsp3) is 0.259. The van der Waals surface area contributed by atoms with Crippen LogP contribution in [0.1, 0.15) is 57.7 Å². The molecule has 0 aliphatic heterocycles. The zero-order valence-corrected chi connectivity index (χ0v) is 21.4. The Morgan fingerprint density at radius 1 is 0.857 bits per heavy atom. The molecule has 0 aliphatic carbocycles. The summed E-state index contributed by atoms with van der Waals surface area (Å²) in [6.45, 7) is 9.30. The molecule has 0 saturated heterocycles. The van der Waals surface area contributed by atoms with Gasteiger partial charge in [0, 0.05) is 11.6 Å². The minimum absolute atomic E-state index is 0.00820. The lowest BCUT2D eigenvalue weighted by Gasteiger charge is -2.16. The number of amides is 2. The van der Waals surface area contributed by atoms with Crippen LogP contribution in [0.3, 0.4) is 0 Å². The Labute approximate surface area is 207 Å². The van der Waals surface area contributed by atoms with E-state index in [1.807, 2.05) is 33.8 Å². The molecule has 3 N–H and O–H groups in total. The van der Waals surface area contributed by atoms with E-state index in [1.54, 1.807) is 55.5 Å². The molecule has 3 aromatic rings. The second kappa shape index (κ2) is 10.7. The molecule has 0 aromatic heterocycles. The van der Waals surface area contributed by atoms with Crippen LogP contribution in [0.25, 0.3) is 0 Å². The van der Waals surface area contributed by atoms with Gasteiger partial charge >= 0.3 is 0 Å². The van der Waals surface area contributed by atoms with Gasteiger partial charge in [-0.1, -0.05) is 37.3 Å². The van der Waals surface area contributed by atoms with Crippen molar-refractivity contribution in [3.05, 3.63) is 88.5 Å². The number of anilines is 2. The Hall–Kier alpha value is -3.65. The molecule has 184 valence electrons. The van der Waals surface area contributed by atoms with Gasteiger partial charge in [-0.25, -0.2) is 8.42 Å². The largest absolute Gasteiger partial charge is 0.350 e. The molecule has 0 aliphatic rings. The lowest BCUT2D eigenvalue weighted by Crippen LogP contribution is -2.32. The topological polar surface area (TPSA) is 104 Å². The molecule has 1 atom stereocenters. The molecule has 0 unspecified atom stereocenters. The number of carbonyl (C=O) groups excluding carboxylic acids is 2. The Balaban J connectivity index is 1.89. The smallest absolute Gasteiger partial charge is 0.262 e. The van der Waals surface area contributed by atoms with Crippen molar-refractivity contribution in [1.29, 1.82) is 0 Å². The first-order chi connectivity index (χ1) is 16.5. The molecular formula is C27H31N3O4S. The van der Waals surface area contributed by atoms with Crippen LogP contribution in [0.4, 0.5) is 11.4 Å². The van der Waals surface area contributed by atoms with Gasteiger partial charge in [-0.15, -0.1) is 0 Å². The van der Waals surface area contributed by atoms with Crippen LogP contribution in [0.15, 0.2) is 65.6 Å². The van der Waals surface area contributed by atoms with E-state index in [9.17, 15) is 18.0 Å². The SMILES string of the molecule is CC[C@@H](C)NC(=O)c1ccccc1NC(=O)c1ccc(C)c(S(=O)(=O)Nc2cccc(C)c2C)c1. The molecular weight excluding hydrogens is 462 g/mol. The van der Waals surface area contributed by atoms with Gasteiger partial charge in [0.2, 0.25) is 0 Å². The molecule has 7 nitrogen and oxygen atoms in total. The summed E-state index contributed by atoms with van der Waals surface area (Å²) < 4.78 is 29.0. The molecule has 0 fully saturated rings. The lowest BCUT2D eigenvalue weighted by molar-refractivity contribution is 0.0940. The van der Waals surface area contributed by atoms with Gasteiger partial charge in [-0.05, 0) is 81.1 Å². The van der Waals surface area contributed by atoms with E-state index in [1.165, 1.54) is 6.07 Å². The number of para-hydroxylation sites is 1. The average molecular weight is 494 g/mol. The van der Waals surface area contributed by atoms with E-state index in [0.717, 1.165) is 17.5 Å². The van der Waals surface area contributed by atoms with Crippen LogP contribution in [0.5, 0.6) is 0 Å². The number of nitrogens with one attached hydrogen (secondary N) is 3. The van der Waals surface area contributed by atoms with Crippen molar-refractivity contribution < 1.29 is 18.0 Å². The second-order valence-electron chi connectivity index (χ2n) is 8.62. The first-order valence-corrected chi connectivity index (χ1v) is 12.9. The van der Waals surface area contributed by atoms with Crippen molar-refractivity contribution in [1.82, 2.24) is 5.32 Å². The average Bonchev–Trinajstić information content (AvgIpc) is 2.82. The van der Waals surface area contributed by atoms with E-state index in [-0.39, 0.29) is 22.4 Å². The number of hydrogen-bond donors (Lipinski definition) is 3. The highest BCUT2D eigenvalue weighted by atomic mass is 32.2. The molecule has 35 heavy (non-hydrogen) atoms. The minimum atomic E-state index is -3.94. The van der Waals surface area contributed by atoms with Gasteiger partial charge < -0.3 is 10.6 Å². The third-order valence-electron chi connectivity index (χ3n) is 6.00. The monoisotopic (exact) mass is 493 g/mol. The van der Waals surface area contributed by atoms with Crippen LogP contribution in [-0.2, 0) is 10.0 Å². The van der Waals surface area contributed by atoms with E-state index >= 15 is 0 Å². The summed E-state index contributed by atoms with van der Waals surface area (Å²) in [5.41, 5.74) is 3.62. The zero-order valence-electron chi connectivity index (χ0n) is 20.6. The maximum Gasteiger partial charge on any atom is 0.262 e. The second-order valence-corrected chi connectivity index (χ2v) is 10.3. The summed E-state index contributed by atoms with van der Waals surface area (Å²) >= 11 is 0. The third-order valence-corrected chi connectivity index (χ3v) is 7.51. The Morgan fingerprint density at radius 2 is 1.54 bits per heavy atom.